The third kappa shape index (κ3) is 3.42. The first kappa shape index (κ1) is 11.8. The van der Waals surface area contributed by atoms with Gasteiger partial charge in [0.1, 0.15) is 16.5 Å². The third-order valence-electron chi connectivity index (χ3n) is 1.54. The topological polar surface area (TPSA) is 62.2 Å². The van der Waals surface area contributed by atoms with E-state index in [1.165, 1.54) is 12.1 Å². The van der Waals surface area contributed by atoms with Crippen molar-refractivity contribution in [2.45, 2.75) is 0 Å². The summed E-state index contributed by atoms with van der Waals surface area (Å²) in [6.07, 6.45) is 0. The molecule has 0 spiro atoms. The molecule has 0 saturated carbocycles. The molecule has 0 radical (unpaired) electrons. The Hall–Kier alpha value is -1.26. The Morgan fingerprint density at radius 1 is 1.60 bits per heavy atom. The molecule has 0 aliphatic heterocycles. The van der Waals surface area contributed by atoms with Gasteiger partial charge in [0, 0.05) is 5.03 Å². The standard InChI is InChI=1S/C9H8Cl2N2O2/c1-5(10)4-12-8-6(9(14)15)2-3-7(11)13-8/h2-3H,1,4H2,(H,12,13)(H,14,15). The van der Waals surface area contributed by atoms with E-state index in [1.54, 1.807) is 0 Å². The summed E-state index contributed by atoms with van der Waals surface area (Å²) in [6.45, 7) is 3.69. The van der Waals surface area contributed by atoms with E-state index in [1.807, 2.05) is 0 Å². The summed E-state index contributed by atoms with van der Waals surface area (Å²) in [6, 6.07) is 2.78. The molecule has 0 unspecified atom stereocenters. The minimum Gasteiger partial charge on any atom is -0.478 e. The van der Waals surface area contributed by atoms with Gasteiger partial charge in [-0.2, -0.15) is 0 Å². The Labute approximate surface area is 96.5 Å². The van der Waals surface area contributed by atoms with Crippen LogP contribution in [0.15, 0.2) is 23.7 Å². The van der Waals surface area contributed by atoms with Crippen molar-refractivity contribution in [1.29, 1.82) is 0 Å². The van der Waals surface area contributed by atoms with Crippen LogP contribution in [0.3, 0.4) is 0 Å². The molecule has 15 heavy (non-hydrogen) atoms. The molecule has 0 amide bonds. The van der Waals surface area contributed by atoms with E-state index in [0.717, 1.165) is 0 Å². The van der Waals surface area contributed by atoms with Crippen LogP contribution in [0.2, 0.25) is 5.15 Å². The van der Waals surface area contributed by atoms with Gasteiger partial charge in [0.2, 0.25) is 0 Å². The lowest BCUT2D eigenvalue weighted by molar-refractivity contribution is 0.0697. The molecule has 6 heteroatoms. The number of aromatic carboxylic acids is 1. The molecule has 1 aromatic rings. The first-order valence-electron chi connectivity index (χ1n) is 3.97. The van der Waals surface area contributed by atoms with E-state index in [2.05, 4.69) is 16.9 Å². The van der Waals surface area contributed by atoms with Crippen LogP contribution in [0.25, 0.3) is 0 Å². The maximum atomic E-state index is 10.8. The summed E-state index contributed by atoms with van der Waals surface area (Å²) < 4.78 is 0. The summed E-state index contributed by atoms with van der Waals surface area (Å²) in [4.78, 5) is 14.6. The molecule has 1 rings (SSSR count). The van der Waals surface area contributed by atoms with Gasteiger partial charge in [0.25, 0.3) is 0 Å². The Morgan fingerprint density at radius 2 is 2.27 bits per heavy atom. The van der Waals surface area contributed by atoms with Gasteiger partial charge in [-0.05, 0) is 12.1 Å². The molecule has 1 aromatic heterocycles. The molecule has 0 aromatic carbocycles. The summed E-state index contributed by atoms with van der Waals surface area (Å²) in [7, 11) is 0. The Balaban J connectivity index is 2.96. The Bertz CT molecular complexity index is 407. The van der Waals surface area contributed by atoms with Crippen LogP contribution in [-0.2, 0) is 0 Å². The molecule has 0 fully saturated rings. The van der Waals surface area contributed by atoms with Gasteiger partial charge in [0.15, 0.2) is 0 Å². The highest BCUT2D eigenvalue weighted by molar-refractivity contribution is 6.30. The Morgan fingerprint density at radius 3 is 2.80 bits per heavy atom. The maximum Gasteiger partial charge on any atom is 0.339 e. The second-order valence-corrected chi connectivity index (χ2v) is 3.63. The predicted octanol–water partition coefficient (Wildman–Crippen LogP) is 2.60. The smallest absolute Gasteiger partial charge is 0.339 e. The van der Waals surface area contributed by atoms with Gasteiger partial charge in [-0.15, -0.1) is 0 Å². The van der Waals surface area contributed by atoms with Crippen molar-refractivity contribution in [3.8, 4) is 0 Å². The van der Waals surface area contributed by atoms with E-state index in [4.69, 9.17) is 28.3 Å². The predicted molar refractivity (Wildman–Crippen MR) is 59.7 cm³/mol. The molecule has 0 saturated heterocycles. The molecular weight excluding hydrogens is 239 g/mol. The number of aromatic nitrogens is 1. The molecule has 4 nitrogen and oxygen atoms in total. The SMILES string of the molecule is C=C(Cl)CNc1nc(Cl)ccc1C(=O)O. The normalized spacial score (nSPS) is 9.73. The monoisotopic (exact) mass is 246 g/mol. The fraction of sp³-hybridized carbons (Fsp3) is 0.111. The van der Waals surface area contributed by atoms with Crippen molar-refractivity contribution < 1.29 is 9.90 Å². The van der Waals surface area contributed by atoms with E-state index >= 15 is 0 Å². The minimum absolute atomic E-state index is 0.0392. The van der Waals surface area contributed by atoms with Crippen LogP contribution in [0.5, 0.6) is 0 Å². The molecule has 1 heterocycles. The zero-order valence-electron chi connectivity index (χ0n) is 7.63. The fourth-order valence-corrected chi connectivity index (χ4v) is 1.14. The second-order valence-electron chi connectivity index (χ2n) is 2.71. The first-order valence-corrected chi connectivity index (χ1v) is 4.73. The van der Waals surface area contributed by atoms with Crippen LogP contribution in [0.4, 0.5) is 5.82 Å². The number of halogens is 2. The lowest BCUT2D eigenvalue weighted by Gasteiger charge is -2.07. The number of nitrogens with one attached hydrogen (secondary N) is 1. The van der Waals surface area contributed by atoms with Gasteiger partial charge in [-0.25, -0.2) is 9.78 Å². The van der Waals surface area contributed by atoms with Crippen molar-refractivity contribution in [2.24, 2.45) is 0 Å². The van der Waals surface area contributed by atoms with Crippen molar-refractivity contribution >= 4 is 35.0 Å². The van der Waals surface area contributed by atoms with Crippen LogP contribution in [-0.4, -0.2) is 22.6 Å². The van der Waals surface area contributed by atoms with Crippen LogP contribution in [0.1, 0.15) is 10.4 Å². The molecule has 0 bridgehead atoms. The van der Waals surface area contributed by atoms with E-state index in [0.29, 0.717) is 5.03 Å². The van der Waals surface area contributed by atoms with Crippen LogP contribution in [0, 0.1) is 0 Å². The number of anilines is 1. The Kier molecular flexibility index (Phi) is 3.94. The van der Waals surface area contributed by atoms with Gasteiger partial charge in [-0.3, -0.25) is 0 Å². The number of carbonyl (C=O) groups is 1. The second kappa shape index (κ2) is 5.00. The fourth-order valence-electron chi connectivity index (χ4n) is 0.922. The van der Waals surface area contributed by atoms with E-state index < -0.39 is 5.97 Å². The molecule has 0 aliphatic carbocycles. The average Bonchev–Trinajstić information content (AvgIpc) is 2.14. The van der Waals surface area contributed by atoms with Crippen LogP contribution < -0.4 is 5.32 Å². The maximum absolute atomic E-state index is 10.8. The highest BCUT2D eigenvalue weighted by atomic mass is 35.5. The summed E-state index contributed by atoms with van der Waals surface area (Å²) in [5, 5.41) is 12.1. The lowest BCUT2D eigenvalue weighted by atomic mass is 10.2. The summed E-state index contributed by atoms with van der Waals surface area (Å²) >= 11 is 11.2. The molecule has 0 atom stereocenters. The number of rotatable bonds is 4. The van der Waals surface area contributed by atoms with E-state index in [9.17, 15) is 4.79 Å². The number of hydrogen-bond donors (Lipinski definition) is 2. The summed E-state index contributed by atoms with van der Waals surface area (Å²) in [5.41, 5.74) is 0.0392. The van der Waals surface area contributed by atoms with Gasteiger partial charge in [0.05, 0.1) is 6.54 Å². The van der Waals surface area contributed by atoms with Crippen molar-refractivity contribution in [3.63, 3.8) is 0 Å². The molecule has 2 N–H and O–H groups in total. The third-order valence-corrected chi connectivity index (χ3v) is 1.88. The zero-order chi connectivity index (χ0) is 11.4. The van der Waals surface area contributed by atoms with Gasteiger partial charge >= 0.3 is 5.97 Å². The van der Waals surface area contributed by atoms with Crippen molar-refractivity contribution in [3.05, 3.63) is 34.5 Å². The summed E-state index contributed by atoms with van der Waals surface area (Å²) in [5.74, 6) is -0.904. The van der Waals surface area contributed by atoms with Crippen LogP contribution >= 0.6 is 23.2 Å². The quantitative estimate of drug-likeness (QED) is 0.802. The number of pyridine rings is 1. The molecule has 0 aliphatic rings. The number of hydrogen-bond acceptors (Lipinski definition) is 3. The number of carboxylic acid groups (broad SMARTS) is 1. The highest BCUT2D eigenvalue weighted by Crippen LogP contribution is 2.17. The number of nitrogens with zero attached hydrogens (tertiary/aromatic N) is 1. The molecule has 80 valence electrons. The highest BCUT2D eigenvalue weighted by Gasteiger charge is 2.11. The van der Waals surface area contributed by atoms with Gasteiger partial charge in [-0.1, -0.05) is 29.8 Å². The van der Waals surface area contributed by atoms with Crippen molar-refractivity contribution in [1.82, 2.24) is 4.98 Å². The average molecular weight is 247 g/mol. The number of carboxylic acids is 1. The van der Waals surface area contributed by atoms with Gasteiger partial charge < -0.3 is 10.4 Å². The zero-order valence-corrected chi connectivity index (χ0v) is 9.14. The first-order chi connectivity index (χ1) is 7.00. The van der Waals surface area contributed by atoms with E-state index in [-0.39, 0.29) is 23.1 Å². The lowest BCUT2D eigenvalue weighted by Crippen LogP contribution is -2.09. The molecular formula is C9H8Cl2N2O2. The largest absolute Gasteiger partial charge is 0.478 e. The van der Waals surface area contributed by atoms with Crippen molar-refractivity contribution in [2.75, 3.05) is 11.9 Å². The minimum atomic E-state index is -1.08.